The summed E-state index contributed by atoms with van der Waals surface area (Å²) in [7, 11) is 0. The van der Waals surface area contributed by atoms with Gasteiger partial charge in [0, 0.05) is 0 Å². The Labute approximate surface area is 83.6 Å². The van der Waals surface area contributed by atoms with Crippen LogP contribution in [0.15, 0.2) is 24.3 Å². The van der Waals surface area contributed by atoms with Gasteiger partial charge in [0.15, 0.2) is 0 Å². The average molecular weight is 196 g/mol. The van der Waals surface area contributed by atoms with E-state index in [2.05, 4.69) is 0 Å². The van der Waals surface area contributed by atoms with Crippen molar-refractivity contribution >= 4 is 0 Å². The summed E-state index contributed by atoms with van der Waals surface area (Å²) in [4.78, 5) is 0. The number of aryl methyl sites for hydroxylation is 1. The summed E-state index contributed by atoms with van der Waals surface area (Å²) in [6, 6.07) is 7.37. The highest BCUT2D eigenvalue weighted by atomic mass is 16.4. The lowest BCUT2D eigenvalue weighted by Gasteiger charge is -2.16. The van der Waals surface area contributed by atoms with Crippen molar-refractivity contribution in [1.82, 2.24) is 0 Å². The van der Waals surface area contributed by atoms with E-state index in [0.29, 0.717) is 5.56 Å². The molecule has 0 spiro atoms. The van der Waals surface area contributed by atoms with E-state index in [1.54, 1.807) is 6.07 Å². The third kappa shape index (κ3) is 2.54. The van der Waals surface area contributed by atoms with Gasteiger partial charge < -0.3 is 15.3 Å². The molecular formula is C11H16O3. The summed E-state index contributed by atoms with van der Waals surface area (Å²) in [5.74, 6) is 0. The van der Waals surface area contributed by atoms with Crippen molar-refractivity contribution in [2.45, 2.75) is 25.6 Å². The van der Waals surface area contributed by atoms with Crippen molar-refractivity contribution in [2.75, 3.05) is 6.61 Å². The highest BCUT2D eigenvalue weighted by Gasteiger charge is 2.16. The van der Waals surface area contributed by atoms with E-state index in [1.165, 1.54) is 0 Å². The monoisotopic (exact) mass is 196 g/mol. The molecule has 0 bridgehead atoms. The molecule has 3 nitrogen and oxygen atoms in total. The number of aliphatic hydroxyl groups is 3. The second kappa shape index (κ2) is 5.10. The number of hydrogen-bond donors (Lipinski definition) is 3. The molecule has 1 rings (SSSR count). The van der Waals surface area contributed by atoms with E-state index in [-0.39, 0.29) is 0 Å². The van der Waals surface area contributed by atoms with E-state index in [4.69, 9.17) is 5.11 Å². The zero-order valence-corrected chi connectivity index (χ0v) is 8.22. The highest BCUT2D eigenvalue weighted by Crippen LogP contribution is 2.18. The number of aliphatic hydroxyl groups excluding tert-OH is 3. The normalized spacial score (nSPS) is 15.1. The molecule has 0 heterocycles. The van der Waals surface area contributed by atoms with Crippen LogP contribution >= 0.6 is 0 Å². The molecule has 0 aliphatic heterocycles. The fourth-order valence-corrected chi connectivity index (χ4v) is 1.32. The first kappa shape index (κ1) is 11.2. The minimum absolute atomic E-state index is 0.433. The second-order valence-electron chi connectivity index (χ2n) is 3.29. The maximum Gasteiger partial charge on any atom is 0.107 e. The summed E-state index contributed by atoms with van der Waals surface area (Å²) < 4.78 is 0. The van der Waals surface area contributed by atoms with Crippen LogP contribution < -0.4 is 0 Å². The zero-order chi connectivity index (χ0) is 10.6. The van der Waals surface area contributed by atoms with Crippen LogP contribution in [-0.4, -0.2) is 28.0 Å². The van der Waals surface area contributed by atoms with Crippen LogP contribution in [0, 0.1) is 0 Å². The molecule has 0 aliphatic rings. The first-order chi connectivity index (χ1) is 6.69. The van der Waals surface area contributed by atoms with Gasteiger partial charge in [0.25, 0.3) is 0 Å². The molecular weight excluding hydrogens is 180 g/mol. The molecule has 1 aromatic rings. The second-order valence-corrected chi connectivity index (χ2v) is 3.29. The van der Waals surface area contributed by atoms with Crippen LogP contribution in [0.3, 0.4) is 0 Å². The smallest absolute Gasteiger partial charge is 0.107 e. The fraction of sp³-hybridized carbons (Fsp3) is 0.455. The molecule has 0 amide bonds. The first-order valence-electron chi connectivity index (χ1n) is 4.74. The van der Waals surface area contributed by atoms with Gasteiger partial charge in [-0.25, -0.2) is 0 Å². The van der Waals surface area contributed by atoms with Gasteiger partial charge in [0.1, 0.15) is 12.2 Å². The SMILES string of the molecule is CCc1cccc(C(O)C(O)CO)c1. The Hall–Kier alpha value is -0.900. The molecule has 14 heavy (non-hydrogen) atoms. The summed E-state index contributed by atoms with van der Waals surface area (Å²) in [5, 5.41) is 27.5. The van der Waals surface area contributed by atoms with E-state index >= 15 is 0 Å². The molecule has 1 aromatic carbocycles. The predicted molar refractivity (Wildman–Crippen MR) is 53.9 cm³/mol. The van der Waals surface area contributed by atoms with Gasteiger partial charge in [-0.2, -0.15) is 0 Å². The summed E-state index contributed by atoms with van der Waals surface area (Å²) in [5.41, 5.74) is 1.75. The van der Waals surface area contributed by atoms with Crippen LogP contribution in [-0.2, 0) is 6.42 Å². The summed E-state index contributed by atoms with van der Waals surface area (Å²) in [6.07, 6.45) is -1.23. The van der Waals surface area contributed by atoms with Crippen molar-refractivity contribution < 1.29 is 15.3 Å². The van der Waals surface area contributed by atoms with Gasteiger partial charge in [-0.05, 0) is 17.5 Å². The Balaban J connectivity index is 2.83. The van der Waals surface area contributed by atoms with Crippen molar-refractivity contribution in [1.29, 1.82) is 0 Å². The van der Waals surface area contributed by atoms with Crippen LogP contribution in [0.25, 0.3) is 0 Å². The van der Waals surface area contributed by atoms with Crippen LogP contribution in [0.1, 0.15) is 24.2 Å². The predicted octanol–water partition coefficient (Wildman–Crippen LogP) is 0.636. The van der Waals surface area contributed by atoms with E-state index in [9.17, 15) is 10.2 Å². The molecule has 2 atom stereocenters. The molecule has 78 valence electrons. The van der Waals surface area contributed by atoms with Crippen molar-refractivity contribution in [2.24, 2.45) is 0 Å². The molecule has 2 unspecified atom stereocenters. The minimum atomic E-state index is -1.11. The Morgan fingerprint density at radius 1 is 1.29 bits per heavy atom. The van der Waals surface area contributed by atoms with Gasteiger partial charge in [0.05, 0.1) is 6.61 Å². The Morgan fingerprint density at radius 2 is 2.00 bits per heavy atom. The standard InChI is InChI=1S/C11H16O3/c1-2-8-4-3-5-9(6-8)11(14)10(13)7-12/h3-6,10-14H,2,7H2,1H3. The molecule has 0 saturated heterocycles. The van der Waals surface area contributed by atoms with E-state index in [1.807, 2.05) is 25.1 Å². The molecule has 0 aliphatic carbocycles. The summed E-state index contributed by atoms with van der Waals surface area (Å²) in [6.45, 7) is 1.59. The average Bonchev–Trinajstić information content (AvgIpc) is 2.27. The van der Waals surface area contributed by atoms with Crippen molar-refractivity contribution in [3.8, 4) is 0 Å². The van der Waals surface area contributed by atoms with Gasteiger partial charge in [-0.1, -0.05) is 31.2 Å². The maximum absolute atomic E-state index is 9.60. The third-order valence-corrected chi connectivity index (χ3v) is 2.25. The molecule has 0 fully saturated rings. The quantitative estimate of drug-likeness (QED) is 0.662. The number of rotatable bonds is 4. The molecule has 3 N–H and O–H groups in total. The highest BCUT2D eigenvalue weighted by molar-refractivity contribution is 5.25. The topological polar surface area (TPSA) is 60.7 Å². The minimum Gasteiger partial charge on any atom is -0.394 e. The Kier molecular flexibility index (Phi) is 4.07. The van der Waals surface area contributed by atoms with Crippen LogP contribution in [0.2, 0.25) is 0 Å². The van der Waals surface area contributed by atoms with Crippen molar-refractivity contribution in [3.05, 3.63) is 35.4 Å². The number of benzene rings is 1. The molecule has 0 radical (unpaired) electrons. The van der Waals surface area contributed by atoms with Gasteiger partial charge in [-0.3, -0.25) is 0 Å². The first-order valence-corrected chi connectivity index (χ1v) is 4.74. The molecule has 3 heteroatoms. The zero-order valence-electron chi connectivity index (χ0n) is 8.22. The van der Waals surface area contributed by atoms with Crippen LogP contribution in [0.4, 0.5) is 0 Å². The molecule has 0 saturated carbocycles. The van der Waals surface area contributed by atoms with Gasteiger partial charge in [-0.15, -0.1) is 0 Å². The van der Waals surface area contributed by atoms with Gasteiger partial charge >= 0.3 is 0 Å². The summed E-state index contributed by atoms with van der Waals surface area (Å²) >= 11 is 0. The number of hydrogen-bond acceptors (Lipinski definition) is 3. The Bertz CT molecular complexity index is 286. The van der Waals surface area contributed by atoms with Gasteiger partial charge in [0.2, 0.25) is 0 Å². The lowest BCUT2D eigenvalue weighted by Crippen LogP contribution is -2.22. The lowest BCUT2D eigenvalue weighted by molar-refractivity contribution is -0.0152. The Morgan fingerprint density at radius 3 is 2.57 bits per heavy atom. The van der Waals surface area contributed by atoms with E-state index < -0.39 is 18.8 Å². The maximum atomic E-state index is 9.60. The third-order valence-electron chi connectivity index (χ3n) is 2.25. The lowest BCUT2D eigenvalue weighted by atomic mass is 10.0. The van der Waals surface area contributed by atoms with Crippen LogP contribution in [0.5, 0.6) is 0 Å². The van der Waals surface area contributed by atoms with E-state index in [0.717, 1.165) is 12.0 Å². The molecule has 0 aromatic heterocycles. The largest absolute Gasteiger partial charge is 0.394 e. The fourth-order valence-electron chi connectivity index (χ4n) is 1.32. The van der Waals surface area contributed by atoms with Crippen molar-refractivity contribution in [3.63, 3.8) is 0 Å².